The Morgan fingerprint density at radius 3 is 2.73 bits per heavy atom. The zero-order valence-corrected chi connectivity index (χ0v) is 7.64. The molecule has 1 N–H and O–H groups in total. The van der Waals surface area contributed by atoms with E-state index in [0.717, 1.165) is 0 Å². The first-order chi connectivity index (χ1) is 7.11. The van der Waals surface area contributed by atoms with E-state index in [1.54, 1.807) is 12.1 Å². The summed E-state index contributed by atoms with van der Waals surface area (Å²) in [7, 11) is 0. The summed E-state index contributed by atoms with van der Waals surface area (Å²) >= 11 is 0. The van der Waals surface area contributed by atoms with E-state index < -0.39 is 17.4 Å². The Labute approximate surface area is 85.5 Å². The Kier molecular flexibility index (Phi) is 3.41. The second kappa shape index (κ2) is 4.77. The number of nitro groups is 1. The van der Waals surface area contributed by atoms with Gasteiger partial charge in [0.2, 0.25) is 0 Å². The van der Waals surface area contributed by atoms with Gasteiger partial charge in [-0.1, -0.05) is 18.1 Å². The average molecular weight is 205 g/mol. The minimum Gasteiger partial charge on any atom is -0.478 e. The first kappa shape index (κ1) is 10.7. The molecule has 0 unspecified atom stereocenters. The van der Waals surface area contributed by atoms with Crippen LogP contribution in [0.25, 0.3) is 0 Å². The highest BCUT2D eigenvalue weighted by atomic mass is 16.6. The molecule has 0 aromatic heterocycles. The molecule has 5 nitrogen and oxygen atoms in total. The average Bonchev–Trinajstić information content (AvgIpc) is 2.17. The lowest BCUT2D eigenvalue weighted by molar-refractivity contribution is -0.466. The van der Waals surface area contributed by atoms with Gasteiger partial charge in [0.15, 0.2) is 0 Å². The summed E-state index contributed by atoms with van der Waals surface area (Å²) < 4.78 is 0. The fraction of sp³-hybridized carbons (Fsp3) is 0.100. The summed E-state index contributed by atoms with van der Waals surface area (Å²) in [6, 6.07) is 6.11. The van der Waals surface area contributed by atoms with Crippen molar-refractivity contribution in [3.63, 3.8) is 0 Å². The van der Waals surface area contributed by atoms with E-state index in [1.165, 1.54) is 12.1 Å². The highest BCUT2D eigenvalue weighted by molar-refractivity contribution is 5.90. The third-order valence-corrected chi connectivity index (χ3v) is 1.59. The van der Waals surface area contributed by atoms with E-state index in [2.05, 4.69) is 11.8 Å². The molecular weight excluding hydrogens is 198 g/mol. The van der Waals surface area contributed by atoms with Crippen molar-refractivity contribution in [2.45, 2.75) is 0 Å². The van der Waals surface area contributed by atoms with Gasteiger partial charge < -0.3 is 5.11 Å². The van der Waals surface area contributed by atoms with Crippen LogP contribution in [-0.4, -0.2) is 22.5 Å². The number of hydrogen-bond acceptors (Lipinski definition) is 3. The van der Waals surface area contributed by atoms with E-state index in [4.69, 9.17) is 5.11 Å². The fourth-order valence-electron chi connectivity index (χ4n) is 0.978. The second-order valence-corrected chi connectivity index (χ2v) is 2.64. The molecule has 1 aromatic rings. The molecule has 0 aliphatic rings. The Bertz CT molecular complexity index is 456. The predicted molar refractivity (Wildman–Crippen MR) is 52.1 cm³/mol. The van der Waals surface area contributed by atoms with Crippen molar-refractivity contribution in [1.82, 2.24) is 0 Å². The lowest BCUT2D eigenvalue weighted by Gasteiger charge is -1.96. The third kappa shape index (κ3) is 3.12. The van der Waals surface area contributed by atoms with E-state index >= 15 is 0 Å². The van der Waals surface area contributed by atoms with Crippen LogP contribution in [0.4, 0.5) is 0 Å². The number of nitrogens with zero attached hydrogens (tertiary/aromatic N) is 1. The molecule has 0 radical (unpaired) electrons. The molecule has 0 saturated carbocycles. The second-order valence-electron chi connectivity index (χ2n) is 2.64. The maximum atomic E-state index is 10.7. The van der Waals surface area contributed by atoms with Gasteiger partial charge in [0.25, 0.3) is 6.54 Å². The molecule has 0 aliphatic heterocycles. The molecule has 0 heterocycles. The van der Waals surface area contributed by atoms with Crippen molar-refractivity contribution in [1.29, 1.82) is 0 Å². The monoisotopic (exact) mass is 205 g/mol. The zero-order chi connectivity index (χ0) is 11.3. The Morgan fingerprint density at radius 2 is 2.13 bits per heavy atom. The van der Waals surface area contributed by atoms with Gasteiger partial charge in [0.1, 0.15) is 0 Å². The Morgan fingerprint density at radius 1 is 1.47 bits per heavy atom. The number of carboxylic acids is 1. The molecule has 1 rings (SSSR count). The zero-order valence-electron chi connectivity index (χ0n) is 7.64. The molecule has 5 heteroatoms. The van der Waals surface area contributed by atoms with Crippen molar-refractivity contribution in [3.05, 3.63) is 45.5 Å². The molecular formula is C10H7NO4. The topological polar surface area (TPSA) is 80.4 Å². The van der Waals surface area contributed by atoms with Gasteiger partial charge in [-0.05, 0) is 18.1 Å². The van der Waals surface area contributed by atoms with Crippen LogP contribution in [0.3, 0.4) is 0 Å². The number of carbonyl (C=O) groups is 1. The number of aromatic carboxylic acids is 1. The largest absolute Gasteiger partial charge is 0.478 e. The summed E-state index contributed by atoms with van der Waals surface area (Å²) in [6.07, 6.45) is 0. The fourth-order valence-corrected chi connectivity index (χ4v) is 0.978. The van der Waals surface area contributed by atoms with Gasteiger partial charge in [-0.25, -0.2) is 4.79 Å². The molecule has 76 valence electrons. The molecule has 0 saturated heterocycles. The normalized spacial score (nSPS) is 8.80. The standard InChI is InChI=1S/C10H7NO4/c12-10(13)9-6-2-1-4-8(9)5-3-7-11(14)15/h1-2,4,6H,7H2,(H,12,13). The molecule has 15 heavy (non-hydrogen) atoms. The maximum absolute atomic E-state index is 10.7. The molecule has 0 spiro atoms. The van der Waals surface area contributed by atoms with Gasteiger partial charge in [-0.3, -0.25) is 10.1 Å². The van der Waals surface area contributed by atoms with Crippen molar-refractivity contribution >= 4 is 5.97 Å². The minimum absolute atomic E-state index is 0.0494. The maximum Gasteiger partial charge on any atom is 0.336 e. The highest BCUT2D eigenvalue weighted by Gasteiger charge is 2.06. The van der Waals surface area contributed by atoms with E-state index in [9.17, 15) is 14.9 Å². The van der Waals surface area contributed by atoms with Crippen LogP contribution in [0.15, 0.2) is 24.3 Å². The van der Waals surface area contributed by atoms with Crippen LogP contribution < -0.4 is 0 Å². The lowest BCUT2D eigenvalue weighted by Crippen LogP contribution is -2.00. The smallest absolute Gasteiger partial charge is 0.336 e. The van der Waals surface area contributed by atoms with Crippen LogP contribution in [0, 0.1) is 22.0 Å². The Balaban J connectivity index is 2.97. The summed E-state index contributed by atoms with van der Waals surface area (Å²) in [5.74, 6) is 3.64. The molecule has 0 bridgehead atoms. The molecule has 1 aromatic carbocycles. The van der Waals surface area contributed by atoms with Crippen LogP contribution in [0.1, 0.15) is 15.9 Å². The number of rotatable bonds is 2. The third-order valence-electron chi connectivity index (χ3n) is 1.59. The van der Waals surface area contributed by atoms with Gasteiger partial charge in [0.05, 0.1) is 5.56 Å². The van der Waals surface area contributed by atoms with Crippen LogP contribution in [0.5, 0.6) is 0 Å². The van der Waals surface area contributed by atoms with Crippen molar-refractivity contribution in [2.75, 3.05) is 6.54 Å². The highest BCUT2D eigenvalue weighted by Crippen LogP contribution is 2.06. The van der Waals surface area contributed by atoms with Crippen molar-refractivity contribution < 1.29 is 14.8 Å². The Hall–Kier alpha value is -2.35. The minimum atomic E-state index is -1.10. The first-order valence-electron chi connectivity index (χ1n) is 4.04. The van der Waals surface area contributed by atoms with Gasteiger partial charge in [0, 0.05) is 10.5 Å². The van der Waals surface area contributed by atoms with Crippen LogP contribution >= 0.6 is 0 Å². The SMILES string of the molecule is O=C(O)c1ccccc1C#CC[N+](=O)[O-]. The number of benzene rings is 1. The lowest BCUT2D eigenvalue weighted by atomic mass is 10.1. The number of carboxylic acid groups (broad SMARTS) is 1. The molecule has 0 amide bonds. The van der Waals surface area contributed by atoms with Gasteiger partial charge >= 0.3 is 5.97 Å². The van der Waals surface area contributed by atoms with Crippen LogP contribution in [0.2, 0.25) is 0 Å². The predicted octanol–water partition coefficient (Wildman–Crippen LogP) is 1.01. The summed E-state index contributed by atoms with van der Waals surface area (Å²) in [6.45, 7) is -0.492. The van der Waals surface area contributed by atoms with Crippen LogP contribution in [-0.2, 0) is 0 Å². The van der Waals surface area contributed by atoms with Gasteiger partial charge in [-0.2, -0.15) is 0 Å². The summed E-state index contributed by atoms with van der Waals surface area (Å²) in [4.78, 5) is 20.1. The molecule has 0 atom stereocenters. The van der Waals surface area contributed by atoms with Crippen molar-refractivity contribution in [3.8, 4) is 11.8 Å². The van der Waals surface area contributed by atoms with E-state index in [0.29, 0.717) is 0 Å². The summed E-state index contributed by atoms with van der Waals surface area (Å²) in [5, 5.41) is 18.8. The number of hydrogen-bond donors (Lipinski definition) is 1. The van der Waals surface area contributed by atoms with Crippen molar-refractivity contribution in [2.24, 2.45) is 0 Å². The van der Waals surface area contributed by atoms with E-state index in [1.807, 2.05) is 0 Å². The van der Waals surface area contributed by atoms with Gasteiger partial charge in [-0.15, -0.1) is 0 Å². The molecule has 0 fully saturated rings. The quantitative estimate of drug-likeness (QED) is 0.444. The summed E-state index contributed by atoms with van der Waals surface area (Å²) in [5.41, 5.74) is 0.334. The first-order valence-corrected chi connectivity index (χ1v) is 4.04. The molecule has 0 aliphatic carbocycles. The van der Waals surface area contributed by atoms with E-state index in [-0.39, 0.29) is 11.1 Å².